The van der Waals surface area contributed by atoms with E-state index in [2.05, 4.69) is 12.1 Å². The average Bonchev–Trinajstić information content (AvgIpc) is 3.14. The molecule has 1 aliphatic heterocycles. The predicted molar refractivity (Wildman–Crippen MR) is 102 cm³/mol. The van der Waals surface area contributed by atoms with Gasteiger partial charge in [0, 0.05) is 21.7 Å². The van der Waals surface area contributed by atoms with Gasteiger partial charge in [-0.2, -0.15) is 13.2 Å². The molecule has 2 aromatic carbocycles. The minimum absolute atomic E-state index is 0.0350. The molecule has 27 heavy (non-hydrogen) atoms. The molecule has 0 aromatic heterocycles. The van der Waals surface area contributed by atoms with E-state index in [4.69, 9.17) is 9.47 Å². The van der Waals surface area contributed by atoms with E-state index in [1.807, 2.05) is 24.3 Å². The molecule has 1 N–H and O–H groups in total. The van der Waals surface area contributed by atoms with Crippen LogP contribution in [0.2, 0.25) is 0 Å². The van der Waals surface area contributed by atoms with Gasteiger partial charge in [-0.15, -0.1) is 0 Å². The third kappa shape index (κ3) is 4.70. The SMILES string of the molecule is CC(O)(COCCOc1ccc([S+]2CCCC2)c2ccccc12)C(F)(F)F. The van der Waals surface area contributed by atoms with E-state index in [0.717, 1.165) is 5.39 Å². The van der Waals surface area contributed by atoms with Crippen molar-refractivity contribution >= 4 is 21.7 Å². The van der Waals surface area contributed by atoms with Crippen molar-refractivity contribution in [3.63, 3.8) is 0 Å². The Morgan fingerprint density at radius 1 is 1.00 bits per heavy atom. The maximum absolute atomic E-state index is 12.6. The highest BCUT2D eigenvalue weighted by atomic mass is 32.2. The van der Waals surface area contributed by atoms with E-state index < -0.39 is 18.4 Å². The van der Waals surface area contributed by atoms with Crippen LogP contribution in [-0.2, 0) is 15.6 Å². The van der Waals surface area contributed by atoms with E-state index in [-0.39, 0.29) is 24.1 Å². The van der Waals surface area contributed by atoms with Crippen LogP contribution in [0, 0.1) is 0 Å². The van der Waals surface area contributed by atoms with Crippen LogP contribution in [0.5, 0.6) is 5.75 Å². The van der Waals surface area contributed by atoms with Crippen LogP contribution in [0.15, 0.2) is 41.3 Å². The van der Waals surface area contributed by atoms with Crippen molar-refractivity contribution in [3.05, 3.63) is 36.4 Å². The van der Waals surface area contributed by atoms with E-state index in [1.54, 1.807) is 0 Å². The molecule has 3 nitrogen and oxygen atoms in total. The molecule has 0 saturated carbocycles. The fraction of sp³-hybridized carbons (Fsp3) is 0.500. The predicted octanol–water partition coefficient (Wildman–Crippen LogP) is 4.32. The lowest BCUT2D eigenvalue weighted by atomic mass is 10.1. The summed E-state index contributed by atoms with van der Waals surface area (Å²) in [4.78, 5) is 1.37. The maximum atomic E-state index is 12.6. The number of aliphatic hydroxyl groups is 1. The normalized spacial score (nSPS) is 18.0. The first-order chi connectivity index (χ1) is 12.8. The number of halogens is 3. The van der Waals surface area contributed by atoms with Gasteiger partial charge in [0.2, 0.25) is 0 Å². The van der Waals surface area contributed by atoms with Crippen LogP contribution in [0.3, 0.4) is 0 Å². The molecular weight excluding hydrogens is 377 g/mol. The standard InChI is InChI=1S/C20H24F3O3S/c1-19(24,20(21,22)23)14-25-10-11-26-17-8-9-18(27-12-4-5-13-27)16-7-3-2-6-15(16)17/h2-3,6-9,24H,4-5,10-14H2,1H3/q+1. The van der Waals surface area contributed by atoms with Crippen molar-refractivity contribution in [1.82, 2.24) is 0 Å². The van der Waals surface area contributed by atoms with Crippen molar-refractivity contribution in [2.75, 3.05) is 31.3 Å². The molecule has 1 heterocycles. The third-order valence-electron chi connectivity index (χ3n) is 4.67. The number of alkyl halides is 3. The Kier molecular flexibility index (Phi) is 6.23. The molecule has 0 spiro atoms. The second-order valence-corrected chi connectivity index (χ2v) is 9.13. The Labute approximate surface area is 159 Å². The summed E-state index contributed by atoms with van der Waals surface area (Å²) < 4.78 is 48.5. The molecule has 3 rings (SSSR count). The third-order valence-corrected chi connectivity index (χ3v) is 7.21. The van der Waals surface area contributed by atoms with Crippen molar-refractivity contribution < 1.29 is 27.8 Å². The quantitative estimate of drug-likeness (QED) is 0.555. The van der Waals surface area contributed by atoms with Gasteiger partial charge in [-0.1, -0.05) is 18.2 Å². The smallest absolute Gasteiger partial charge is 0.419 e. The molecule has 1 fully saturated rings. The molecule has 0 amide bonds. The summed E-state index contributed by atoms with van der Waals surface area (Å²) in [7, 11) is 0.285. The molecule has 148 valence electrons. The molecule has 1 saturated heterocycles. The van der Waals surface area contributed by atoms with Gasteiger partial charge >= 0.3 is 6.18 Å². The second-order valence-electron chi connectivity index (χ2n) is 6.89. The van der Waals surface area contributed by atoms with Gasteiger partial charge in [-0.25, -0.2) is 0 Å². The first-order valence-electron chi connectivity index (χ1n) is 8.98. The number of fused-ring (bicyclic) bond motifs is 1. The number of rotatable bonds is 7. The van der Waals surface area contributed by atoms with Gasteiger partial charge in [-0.05, 0) is 38.0 Å². The van der Waals surface area contributed by atoms with Crippen LogP contribution in [0.25, 0.3) is 10.8 Å². The Morgan fingerprint density at radius 2 is 1.67 bits per heavy atom. The molecule has 0 bridgehead atoms. The monoisotopic (exact) mass is 401 g/mol. The molecule has 7 heteroatoms. The first kappa shape index (κ1) is 20.3. The van der Waals surface area contributed by atoms with Crippen molar-refractivity contribution in [2.24, 2.45) is 0 Å². The summed E-state index contributed by atoms with van der Waals surface area (Å²) >= 11 is 0. The van der Waals surface area contributed by atoms with E-state index in [1.165, 1.54) is 34.6 Å². The molecule has 1 aliphatic rings. The average molecular weight is 401 g/mol. The molecule has 1 unspecified atom stereocenters. The van der Waals surface area contributed by atoms with Crippen molar-refractivity contribution in [1.29, 1.82) is 0 Å². The van der Waals surface area contributed by atoms with Crippen LogP contribution >= 0.6 is 0 Å². The highest BCUT2D eigenvalue weighted by Gasteiger charge is 2.50. The van der Waals surface area contributed by atoms with Gasteiger partial charge < -0.3 is 14.6 Å². The van der Waals surface area contributed by atoms with Gasteiger partial charge in [0.1, 0.15) is 23.9 Å². The van der Waals surface area contributed by atoms with Gasteiger partial charge in [0.05, 0.1) is 13.2 Å². The Balaban J connectivity index is 1.62. The van der Waals surface area contributed by atoms with Crippen molar-refractivity contribution in [3.8, 4) is 5.75 Å². The number of hydrogen-bond acceptors (Lipinski definition) is 3. The Morgan fingerprint density at radius 3 is 2.33 bits per heavy atom. The minimum atomic E-state index is -4.72. The lowest BCUT2D eigenvalue weighted by Crippen LogP contribution is -2.46. The number of benzene rings is 2. The lowest BCUT2D eigenvalue weighted by Gasteiger charge is -2.25. The van der Waals surface area contributed by atoms with E-state index in [9.17, 15) is 18.3 Å². The Bertz CT molecular complexity index is 771. The maximum Gasteiger partial charge on any atom is 0.419 e. The molecule has 0 radical (unpaired) electrons. The van der Waals surface area contributed by atoms with E-state index >= 15 is 0 Å². The second kappa shape index (κ2) is 8.29. The van der Waals surface area contributed by atoms with E-state index in [0.29, 0.717) is 12.7 Å². The zero-order valence-electron chi connectivity index (χ0n) is 15.2. The summed E-state index contributed by atoms with van der Waals surface area (Å²) in [6, 6.07) is 12.1. The van der Waals surface area contributed by atoms with Gasteiger partial charge in [0.15, 0.2) is 10.5 Å². The first-order valence-corrected chi connectivity index (χ1v) is 10.5. The summed E-state index contributed by atoms with van der Waals surface area (Å²) in [5.74, 6) is 3.16. The summed E-state index contributed by atoms with van der Waals surface area (Å²) in [6.07, 6.45) is -2.18. The largest absolute Gasteiger partial charge is 0.491 e. The minimum Gasteiger partial charge on any atom is -0.491 e. The van der Waals surface area contributed by atoms with Crippen LogP contribution in [0.1, 0.15) is 19.8 Å². The topological polar surface area (TPSA) is 38.7 Å². The summed E-state index contributed by atoms with van der Waals surface area (Å²) in [5, 5.41) is 11.5. The summed E-state index contributed by atoms with van der Waals surface area (Å²) in [5.41, 5.74) is -2.86. The fourth-order valence-electron chi connectivity index (χ4n) is 3.06. The van der Waals surface area contributed by atoms with Gasteiger partial charge in [0.25, 0.3) is 0 Å². The molecule has 2 aromatic rings. The molecular formula is C20H24F3O3S+. The zero-order chi connectivity index (χ0) is 19.5. The number of hydrogen-bond donors (Lipinski definition) is 1. The van der Waals surface area contributed by atoms with Gasteiger partial charge in [-0.3, -0.25) is 0 Å². The van der Waals surface area contributed by atoms with Crippen LogP contribution in [-0.4, -0.2) is 48.2 Å². The Hall–Kier alpha value is -1.44. The number of ether oxygens (including phenoxy) is 2. The van der Waals surface area contributed by atoms with Crippen LogP contribution in [0.4, 0.5) is 13.2 Å². The zero-order valence-corrected chi connectivity index (χ0v) is 16.0. The van der Waals surface area contributed by atoms with Crippen LogP contribution < -0.4 is 4.74 Å². The summed E-state index contributed by atoms with van der Waals surface area (Å²) in [6.45, 7) is -0.0398. The fourth-order valence-corrected chi connectivity index (χ4v) is 5.56. The highest BCUT2D eigenvalue weighted by Crippen LogP contribution is 2.34. The molecule has 0 aliphatic carbocycles. The lowest BCUT2D eigenvalue weighted by molar-refractivity contribution is -0.267. The molecule has 1 atom stereocenters. The highest BCUT2D eigenvalue weighted by molar-refractivity contribution is 7.97. The van der Waals surface area contributed by atoms with Crippen molar-refractivity contribution in [2.45, 2.75) is 36.4 Å².